The highest BCUT2D eigenvalue weighted by Crippen LogP contribution is 2.64. The quantitative estimate of drug-likeness (QED) is 0.783. The van der Waals surface area contributed by atoms with Gasteiger partial charge >= 0.3 is 4.87 Å². The number of hydrogen-bond donors (Lipinski definition) is 1. The van der Waals surface area contributed by atoms with Crippen molar-refractivity contribution < 1.29 is 9.53 Å². The molecule has 1 N–H and O–H groups in total. The average Bonchev–Trinajstić information content (AvgIpc) is 3.38. The highest BCUT2D eigenvalue weighted by molar-refractivity contribution is 8.00. The lowest BCUT2D eigenvalue weighted by atomic mass is 9.69. The third-order valence-electron chi connectivity index (χ3n) is 7.03. The van der Waals surface area contributed by atoms with Crippen LogP contribution >= 0.6 is 23.1 Å². The van der Waals surface area contributed by atoms with Crippen LogP contribution in [0.1, 0.15) is 38.0 Å². The molecule has 1 aromatic heterocycles. The number of thioether (sulfide) groups is 1. The highest BCUT2D eigenvalue weighted by atomic mass is 32.2. The van der Waals surface area contributed by atoms with Gasteiger partial charge < -0.3 is 10.1 Å². The largest absolute Gasteiger partial charge is 0.497 e. The summed E-state index contributed by atoms with van der Waals surface area (Å²) in [5.41, 5.74) is 0.709. The zero-order valence-electron chi connectivity index (χ0n) is 16.9. The molecule has 0 radical (unpaired) electrons. The molecule has 1 amide bonds. The zero-order valence-corrected chi connectivity index (χ0v) is 18.6. The number of hydrogen-bond acceptors (Lipinski definition) is 5. The topological polar surface area (TPSA) is 60.3 Å². The number of carbonyl (C=O) groups is 1. The fourth-order valence-corrected chi connectivity index (χ4v) is 9.17. The van der Waals surface area contributed by atoms with E-state index >= 15 is 0 Å². The van der Waals surface area contributed by atoms with Crippen molar-refractivity contribution in [2.24, 2.45) is 17.8 Å². The van der Waals surface area contributed by atoms with Crippen LogP contribution in [0.5, 0.6) is 5.75 Å². The van der Waals surface area contributed by atoms with Crippen LogP contribution in [-0.4, -0.2) is 22.8 Å². The van der Waals surface area contributed by atoms with Gasteiger partial charge in [0.05, 0.1) is 12.1 Å². The molecule has 2 saturated carbocycles. The summed E-state index contributed by atoms with van der Waals surface area (Å²) in [5, 5.41) is 4.52. The third-order valence-corrected chi connectivity index (χ3v) is 10.1. The number of ether oxygens (including phenoxy) is 1. The number of benzene rings is 1. The van der Waals surface area contributed by atoms with Gasteiger partial charge in [0, 0.05) is 21.2 Å². The lowest BCUT2D eigenvalue weighted by Crippen LogP contribution is -2.43. The molecular weight excluding hydrogens is 404 g/mol. The number of aromatic nitrogens is 1. The number of amides is 1. The number of nitrogens with zero attached hydrogens (tertiary/aromatic N) is 1. The Hall–Kier alpha value is -1.73. The van der Waals surface area contributed by atoms with E-state index in [4.69, 9.17) is 4.74 Å². The van der Waals surface area contributed by atoms with Gasteiger partial charge in [0.15, 0.2) is 0 Å². The Morgan fingerprint density at radius 3 is 2.69 bits per heavy atom. The second-order valence-electron chi connectivity index (χ2n) is 9.03. The second kappa shape index (κ2) is 6.91. The van der Waals surface area contributed by atoms with E-state index in [1.807, 2.05) is 23.9 Å². The molecule has 5 nitrogen and oxygen atoms in total. The number of thiazole rings is 1. The number of methoxy groups -OCH3 is 1. The molecule has 3 aliphatic rings. The molecule has 0 unspecified atom stereocenters. The van der Waals surface area contributed by atoms with E-state index in [0.29, 0.717) is 16.9 Å². The van der Waals surface area contributed by atoms with Gasteiger partial charge in [0.25, 0.3) is 0 Å². The standard InChI is InChI=1S/C22H26N2O3S2/c1-22(2)17-12-4-5-13(10-12)18(17)28-20-19(22)29-21(26)24(20)11-16(25)23-14-6-8-15(27-3)9-7-14/h6-9,12-13,17-18H,4-5,10-11H2,1-3H3,(H,23,25)/t12-,13-,17+,18-/m1/s1. The number of fused-ring (bicyclic) bond motifs is 6. The van der Waals surface area contributed by atoms with Crippen molar-refractivity contribution in [3.05, 3.63) is 38.8 Å². The Balaban J connectivity index is 1.40. The molecule has 2 heterocycles. The first kappa shape index (κ1) is 19.2. The van der Waals surface area contributed by atoms with Crippen LogP contribution in [0.3, 0.4) is 0 Å². The Bertz CT molecular complexity index is 1010. The fourth-order valence-electron chi connectivity index (χ4n) is 5.76. The summed E-state index contributed by atoms with van der Waals surface area (Å²) in [6.45, 7) is 4.68. The molecule has 0 spiro atoms. The van der Waals surface area contributed by atoms with E-state index in [9.17, 15) is 9.59 Å². The van der Waals surface area contributed by atoms with E-state index in [0.717, 1.165) is 22.6 Å². The predicted octanol–water partition coefficient (Wildman–Crippen LogP) is 4.36. The Kier molecular flexibility index (Phi) is 4.59. The van der Waals surface area contributed by atoms with E-state index in [2.05, 4.69) is 19.2 Å². The summed E-state index contributed by atoms with van der Waals surface area (Å²) in [5.74, 6) is 2.78. The summed E-state index contributed by atoms with van der Waals surface area (Å²) in [6.07, 6.45) is 3.99. The molecule has 1 aliphatic heterocycles. The lowest BCUT2D eigenvalue weighted by Gasteiger charge is -2.45. The van der Waals surface area contributed by atoms with Crippen LogP contribution in [0.2, 0.25) is 0 Å². The van der Waals surface area contributed by atoms with Gasteiger partial charge in [0.1, 0.15) is 12.3 Å². The minimum atomic E-state index is -0.175. The van der Waals surface area contributed by atoms with Crippen LogP contribution in [0.4, 0.5) is 5.69 Å². The highest BCUT2D eigenvalue weighted by Gasteiger charge is 2.57. The maximum atomic E-state index is 12.8. The third kappa shape index (κ3) is 3.05. The number of carbonyl (C=O) groups excluding carboxylic acids is 1. The predicted molar refractivity (Wildman–Crippen MR) is 117 cm³/mol. The molecule has 2 aromatic rings. The first-order valence-electron chi connectivity index (χ1n) is 10.2. The minimum absolute atomic E-state index is 0.00657. The molecule has 2 fully saturated rings. The van der Waals surface area contributed by atoms with Crippen LogP contribution < -0.4 is 14.9 Å². The summed E-state index contributed by atoms with van der Waals surface area (Å²) in [7, 11) is 1.61. The van der Waals surface area contributed by atoms with Gasteiger partial charge in [-0.15, -0.1) is 11.8 Å². The van der Waals surface area contributed by atoms with Gasteiger partial charge in [-0.05, 0) is 61.3 Å². The maximum absolute atomic E-state index is 12.8. The molecular formula is C22H26N2O3S2. The number of anilines is 1. The van der Waals surface area contributed by atoms with Crippen LogP contribution in [0, 0.1) is 17.8 Å². The van der Waals surface area contributed by atoms with Gasteiger partial charge in [-0.3, -0.25) is 14.2 Å². The average molecular weight is 431 g/mol. The SMILES string of the molecule is COc1ccc(NC(=O)Cn2c3c(sc2=O)C(C)(C)[C@H]2[C@@H]4CC[C@H](C4)[C@H]2S3)cc1. The Morgan fingerprint density at radius 1 is 1.24 bits per heavy atom. The summed E-state index contributed by atoms with van der Waals surface area (Å²) in [4.78, 5) is 26.7. The minimum Gasteiger partial charge on any atom is -0.497 e. The van der Waals surface area contributed by atoms with Crippen molar-refractivity contribution in [2.75, 3.05) is 12.4 Å². The first-order valence-corrected chi connectivity index (χ1v) is 11.9. The molecule has 5 rings (SSSR count). The summed E-state index contributed by atoms with van der Waals surface area (Å²) in [6, 6.07) is 7.23. The second-order valence-corrected chi connectivity index (χ2v) is 11.2. The smallest absolute Gasteiger partial charge is 0.308 e. The van der Waals surface area contributed by atoms with E-state index in [-0.39, 0.29) is 22.7 Å². The van der Waals surface area contributed by atoms with Crippen LogP contribution in [0.15, 0.2) is 34.1 Å². The Morgan fingerprint density at radius 2 is 1.97 bits per heavy atom. The molecule has 2 aliphatic carbocycles. The van der Waals surface area contributed by atoms with Crippen molar-refractivity contribution >= 4 is 34.7 Å². The maximum Gasteiger partial charge on any atom is 0.308 e. The zero-order chi connectivity index (χ0) is 20.3. The van der Waals surface area contributed by atoms with Gasteiger partial charge in [-0.2, -0.15) is 0 Å². The summed E-state index contributed by atoms with van der Waals surface area (Å²) < 4.78 is 6.85. The van der Waals surface area contributed by atoms with Crippen molar-refractivity contribution in [2.45, 2.75) is 55.3 Å². The van der Waals surface area contributed by atoms with E-state index < -0.39 is 0 Å². The number of nitrogens with one attached hydrogen (secondary N) is 1. The molecule has 4 atom stereocenters. The lowest BCUT2D eigenvalue weighted by molar-refractivity contribution is -0.116. The van der Waals surface area contributed by atoms with E-state index in [1.54, 1.807) is 23.8 Å². The van der Waals surface area contributed by atoms with E-state index in [1.165, 1.54) is 35.5 Å². The van der Waals surface area contributed by atoms with Crippen molar-refractivity contribution in [3.8, 4) is 5.75 Å². The van der Waals surface area contributed by atoms with Gasteiger partial charge in [-0.25, -0.2) is 0 Å². The molecule has 0 saturated heterocycles. The normalized spacial score (nSPS) is 28.7. The van der Waals surface area contributed by atoms with Crippen molar-refractivity contribution in [3.63, 3.8) is 0 Å². The van der Waals surface area contributed by atoms with Crippen molar-refractivity contribution in [1.29, 1.82) is 0 Å². The van der Waals surface area contributed by atoms with Gasteiger partial charge in [-0.1, -0.05) is 25.2 Å². The molecule has 1 aromatic carbocycles. The number of rotatable bonds is 4. The van der Waals surface area contributed by atoms with Crippen LogP contribution in [0.25, 0.3) is 0 Å². The molecule has 154 valence electrons. The fraction of sp³-hybridized carbons (Fsp3) is 0.545. The van der Waals surface area contributed by atoms with Crippen molar-refractivity contribution in [1.82, 2.24) is 4.57 Å². The molecule has 7 heteroatoms. The monoisotopic (exact) mass is 430 g/mol. The molecule has 2 bridgehead atoms. The Labute approximate surface area is 178 Å². The molecule has 29 heavy (non-hydrogen) atoms. The first-order chi connectivity index (χ1) is 13.9. The van der Waals surface area contributed by atoms with Crippen LogP contribution in [-0.2, 0) is 16.8 Å². The van der Waals surface area contributed by atoms with Gasteiger partial charge in [0.2, 0.25) is 5.91 Å². The summed E-state index contributed by atoms with van der Waals surface area (Å²) >= 11 is 3.21.